The molecule has 2 rings (SSSR count). The van der Waals surface area contributed by atoms with Gasteiger partial charge in [0.05, 0.1) is 24.3 Å². The van der Waals surface area contributed by atoms with E-state index >= 15 is 0 Å². The summed E-state index contributed by atoms with van der Waals surface area (Å²) >= 11 is 0. The lowest BCUT2D eigenvalue weighted by atomic mass is 9.82. The number of anilines is 1. The molecule has 0 heterocycles. The minimum atomic E-state index is -0.518. The van der Waals surface area contributed by atoms with Crippen molar-refractivity contribution in [1.82, 2.24) is 0 Å². The lowest BCUT2D eigenvalue weighted by Gasteiger charge is -2.23. The fourth-order valence-corrected chi connectivity index (χ4v) is 2.75. The predicted molar refractivity (Wildman–Crippen MR) is 113 cm³/mol. The number of carbonyl (C=O) groups is 1. The van der Waals surface area contributed by atoms with Gasteiger partial charge in [-0.3, -0.25) is 14.9 Å². The number of non-ortho nitro benzene ring substituents is 1. The van der Waals surface area contributed by atoms with Crippen LogP contribution in [0.2, 0.25) is 0 Å². The highest BCUT2D eigenvalue weighted by molar-refractivity contribution is 5.92. The van der Waals surface area contributed by atoms with Gasteiger partial charge in [-0.2, -0.15) is 0 Å². The fraction of sp³-hybridized carbons (Fsp3) is 0.409. The van der Waals surface area contributed by atoms with Crippen LogP contribution in [0.3, 0.4) is 0 Å². The van der Waals surface area contributed by atoms with Gasteiger partial charge < -0.3 is 14.8 Å². The van der Waals surface area contributed by atoms with Crippen LogP contribution in [0.25, 0.3) is 0 Å². The molecule has 0 fully saturated rings. The van der Waals surface area contributed by atoms with Crippen LogP contribution in [0.15, 0.2) is 42.5 Å². The van der Waals surface area contributed by atoms with Crippen molar-refractivity contribution in [2.24, 2.45) is 0 Å². The summed E-state index contributed by atoms with van der Waals surface area (Å²) in [6.07, 6.45) is 1.80. The number of benzene rings is 2. The van der Waals surface area contributed by atoms with Gasteiger partial charge in [-0.1, -0.05) is 32.9 Å². The van der Waals surface area contributed by atoms with Crippen molar-refractivity contribution in [3.05, 3.63) is 58.1 Å². The molecule has 0 aromatic heterocycles. The molecule has 0 atom stereocenters. The van der Waals surface area contributed by atoms with Crippen molar-refractivity contribution < 1.29 is 19.2 Å². The average Bonchev–Trinajstić information content (AvgIpc) is 2.71. The predicted octanol–water partition coefficient (Wildman–Crippen LogP) is 5.09. The molecule has 1 amide bonds. The minimum Gasteiger partial charge on any atom is -0.495 e. The lowest BCUT2D eigenvalue weighted by Crippen LogP contribution is -2.15. The SMILES string of the molecule is CCC(C)(C)c1ccc(OCCCC(=O)Nc2cc([N+](=O)[O-])ccc2OC)cc1. The van der Waals surface area contributed by atoms with Gasteiger partial charge in [-0.05, 0) is 42.0 Å². The first-order chi connectivity index (χ1) is 13.8. The summed E-state index contributed by atoms with van der Waals surface area (Å²) in [5.41, 5.74) is 1.56. The van der Waals surface area contributed by atoms with E-state index in [9.17, 15) is 14.9 Å². The number of methoxy groups -OCH3 is 1. The van der Waals surface area contributed by atoms with E-state index in [-0.39, 0.29) is 29.1 Å². The molecule has 0 aliphatic carbocycles. The Kier molecular flexibility index (Phi) is 7.59. The van der Waals surface area contributed by atoms with Crippen molar-refractivity contribution in [3.63, 3.8) is 0 Å². The molecule has 29 heavy (non-hydrogen) atoms. The van der Waals surface area contributed by atoms with Gasteiger partial charge in [-0.15, -0.1) is 0 Å². The quantitative estimate of drug-likeness (QED) is 0.341. The average molecular weight is 400 g/mol. The summed E-state index contributed by atoms with van der Waals surface area (Å²) < 4.78 is 10.9. The Hall–Kier alpha value is -3.09. The molecule has 0 bridgehead atoms. The number of nitro groups is 1. The molecular weight excluding hydrogens is 372 g/mol. The highest BCUT2D eigenvalue weighted by Crippen LogP contribution is 2.29. The summed E-state index contributed by atoms with van der Waals surface area (Å²) in [6, 6.07) is 12.1. The number of nitrogens with one attached hydrogen (secondary N) is 1. The van der Waals surface area contributed by atoms with E-state index in [1.807, 2.05) is 12.1 Å². The molecule has 1 N–H and O–H groups in total. The van der Waals surface area contributed by atoms with Crippen molar-refractivity contribution >= 4 is 17.3 Å². The zero-order valence-corrected chi connectivity index (χ0v) is 17.4. The lowest BCUT2D eigenvalue weighted by molar-refractivity contribution is -0.384. The summed E-state index contributed by atoms with van der Waals surface area (Å²) in [4.78, 5) is 22.6. The second kappa shape index (κ2) is 9.91. The molecule has 0 saturated carbocycles. The van der Waals surface area contributed by atoms with Gasteiger partial charge in [0, 0.05) is 18.6 Å². The summed E-state index contributed by atoms with van der Waals surface area (Å²) in [5.74, 6) is 0.879. The Bertz CT molecular complexity index is 847. The monoisotopic (exact) mass is 400 g/mol. The maximum atomic E-state index is 12.2. The molecule has 2 aromatic carbocycles. The van der Waals surface area contributed by atoms with Crippen LogP contribution in [-0.4, -0.2) is 24.5 Å². The summed E-state index contributed by atoms with van der Waals surface area (Å²) in [7, 11) is 1.44. The number of nitro benzene ring substituents is 1. The second-order valence-corrected chi connectivity index (χ2v) is 7.40. The Morgan fingerprint density at radius 1 is 1.17 bits per heavy atom. The zero-order valence-electron chi connectivity index (χ0n) is 17.4. The Morgan fingerprint density at radius 3 is 2.45 bits per heavy atom. The van der Waals surface area contributed by atoms with Crippen molar-refractivity contribution in [3.8, 4) is 11.5 Å². The third-order valence-corrected chi connectivity index (χ3v) is 5.00. The molecule has 156 valence electrons. The zero-order chi connectivity index (χ0) is 21.4. The van der Waals surface area contributed by atoms with Gasteiger partial charge in [0.25, 0.3) is 5.69 Å². The maximum Gasteiger partial charge on any atom is 0.271 e. The molecule has 0 spiro atoms. The van der Waals surface area contributed by atoms with Gasteiger partial charge >= 0.3 is 0 Å². The van der Waals surface area contributed by atoms with Crippen LogP contribution in [0.5, 0.6) is 11.5 Å². The fourth-order valence-electron chi connectivity index (χ4n) is 2.75. The molecule has 0 radical (unpaired) electrons. The van der Waals surface area contributed by atoms with Gasteiger partial charge in [0.2, 0.25) is 5.91 Å². The van der Waals surface area contributed by atoms with Crippen molar-refractivity contribution in [1.29, 1.82) is 0 Å². The molecule has 0 aliphatic rings. The van der Waals surface area contributed by atoms with Crippen LogP contribution >= 0.6 is 0 Å². The van der Waals surface area contributed by atoms with E-state index in [2.05, 4.69) is 38.2 Å². The number of rotatable bonds is 10. The topological polar surface area (TPSA) is 90.7 Å². The number of nitrogens with zero attached hydrogens (tertiary/aromatic N) is 1. The van der Waals surface area contributed by atoms with E-state index < -0.39 is 4.92 Å². The van der Waals surface area contributed by atoms with Crippen molar-refractivity contribution in [2.45, 2.75) is 45.4 Å². The van der Waals surface area contributed by atoms with Gasteiger partial charge in [-0.25, -0.2) is 0 Å². The van der Waals surface area contributed by atoms with E-state index in [1.54, 1.807) is 0 Å². The summed E-state index contributed by atoms with van der Waals surface area (Å²) in [5, 5.41) is 13.6. The first-order valence-electron chi connectivity index (χ1n) is 9.62. The second-order valence-electron chi connectivity index (χ2n) is 7.40. The number of ether oxygens (including phenoxy) is 2. The first kappa shape index (κ1) is 22.2. The Labute approximate surface area is 171 Å². The maximum absolute atomic E-state index is 12.2. The summed E-state index contributed by atoms with van der Waals surface area (Å²) in [6.45, 7) is 6.98. The van der Waals surface area contributed by atoms with E-state index in [0.29, 0.717) is 18.8 Å². The minimum absolute atomic E-state index is 0.112. The highest BCUT2D eigenvalue weighted by Gasteiger charge is 2.17. The highest BCUT2D eigenvalue weighted by atomic mass is 16.6. The molecule has 7 nitrogen and oxygen atoms in total. The molecular formula is C22H28N2O5. The molecule has 0 saturated heterocycles. The smallest absolute Gasteiger partial charge is 0.271 e. The Morgan fingerprint density at radius 2 is 1.86 bits per heavy atom. The molecule has 2 aromatic rings. The standard InChI is InChI=1S/C22H28N2O5/c1-5-22(2,3)16-8-11-18(12-9-16)29-14-6-7-21(25)23-19-15-17(24(26)27)10-13-20(19)28-4/h8-13,15H,5-7,14H2,1-4H3,(H,23,25). The van der Waals surface area contributed by atoms with Crippen LogP contribution in [0.1, 0.15) is 45.6 Å². The third kappa shape index (κ3) is 6.20. The van der Waals surface area contributed by atoms with Crippen LogP contribution in [0, 0.1) is 10.1 Å². The number of hydrogen-bond acceptors (Lipinski definition) is 5. The van der Waals surface area contributed by atoms with E-state index in [4.69, 9.17) is 9.47 Å². The van der Waals surface area contributed by atoms with Crippen LogP contribution in [0.4, 0.5) is 11.4 Å². The molecule has 0 unspecified atom stereocenters. The molecule has 7 heteroatoms. The van der Waals surface area contributed by atoms with Gasteiger partial charge in [0.1, 0.15) is 11.5 Å². The Balaban J connectivity index is 1.83. The van der Waals surface area contributed by atoms with Crippen LogP contribution in [-0.2, 0) is 10.2 Å². The third-order valence-electron chi connectivity index (χ3n) is 5.00. The van der Waals surface area contributed by atoms with Crippen molar-refractivity contribution in [2.75, 3.05) is 19.0 Å². The van der Waals surface area contributed by atoms with E-state index in [1.165, 1.54) is 30.9 Å². The van der Waals surface area contributed by atoms with E-state index in [0.717, 1.165) is 12.2 Å². The molecule has 0 aliphatic heterocycles. The normalized spacial score (nSPS) is 11.0. The van der Waals surface area contributed by atoms with Gasteiger partial charge in [0.15, 0.2) is 0 Å². The number of hydrogen-bond donors (Lipinski definition) is 1. The largest absolute Gasteiger partial charge is 0.495 e. The number of amides is 1. The van der Waals surface area contributed by atoms with Crippen LogP contribution < -0.4 is 14.8 Å². The number of carbonyl (C=O) groups excluding carboxylic acids is 1. The first-order valence-corrected chi connectivity index (χ1v) is 9.62.